The van der Waals surface area contributed by atoms with Gasteiger partial charge in [-0.05, 0) is 17.8 Å². The molecule has 0 spiro atoms. The number of nitrogens with one attached hydrogen (secondary N) is 1. The van der Waals surface area contributed by atoms with Crippen LogP contribution in [0.15, 0.2) is 6.20 Å². The van der Waals surface area contributed by atoms with E-state index < -0.39 is 10.5 Å². The third-order valence-corrected chi connectivity index (χ3v) is 4.37. The van der Waals surface area contributed by atoms with E-state index in [4.69, 9.17) is 4.74 Å². The van der Waals surface area contributed by atoms with Gasteiger partial charge in [0.25, 0.3) is 0 Å². The Kier molecular flexibility index (Phi) is 5.12. The Labute approximate surface area is 129 Å². The second-order valence-corrected chi connectivity index (χ2v) is 5.69. The number of ether oxygens (including phenoxy) is 1. The third kappa shape index (κ3) is 3.27. The van der Waals surface area contributed by atoms with Crippen LogP contribution in [0.25, 0.3) is 0 Å². The monoisotopic (exact) mass is 310 g/mol. The van der Waals surface area contributed by atoms with E-state index >= 15 is 0 Å². The molecular weight excluding hydrogens is 288 g/mol. The summed E-state index contributed by atoms with van der Waals surface area (Å²) in [5.41, 5.74) is -0.716. The van der Waals surface area contributed by atoms with Gasteiger partial charge in [-0.2, -0.15) is 0 Å². The van der Waals surface area contributed by atoms with Gasteiger partial charge >= 0.3 is 11.8 Å². The standard InChI is InChI=1S/C14H22N4O4/c1-17-11(15-10-12(17)18(20)21)9-16-14(13(19)22-2)7-5-3-4-6-8-14/h10,16H,3-9H2,1-2H3. The van der Waals surface area contributed by atoms with Crippen LogP contribution >= 0.6 is 0 Å². The van der Waals surface area contributed by atoms with Crippen molar-refractivity contribution in [1.82, 2.24) is 14.9 Å². The third-order valence-electron chi connectivity index (χ3n) is 4.37. The first-order valence-electron chi connectivity index (χ1n) is 7.48. The fourth-order valence-electron chi connectivity index (χ4n) is 3.00. The van der Waals surface area contributed by atoms with Crippen LogP contribution in [0.4, 0.5) is 5.82 Å². The Morgan fingerprint density at radius 2 is 2.09 bits per heavy atom. The van der Waals surface area contributed by atoms with Gasteiger partial charge in [-0.1, -0.05) is 25.7 Å². The number of rotatable bonds is 5. The SMILES string of the molecule is COC(=O)C1(NCc2ncc([N+](=O)[O-])n2C)CCCCCC1. The zero-order valence-corrected chi connectivity index (χ0v) is 13.0. The van der Waals surface area contributed by atoms with Crippen molar-refractivity contribution in [3.05, 3.63) is 22.1 Å². The first kappa shape index (κ1) is 16.4. The van der Waals surface area contributed by atoms with Gasteiger partial charge in [-0.15, -0.1) is 0 Å². The zero-order valence-electron chi connectivity index (χ0n) is 13.0. The molecule has 22 heavy (non-hydrogen) atoms. The highest BCUT2D eigenvalue weighted by Gasteiger charge is 2.39. The summed E-state index contributed by atoms with van der Waals surface area (Å²) in [4.78, 5) is 26.7. The Hall–Kier alpha value is -1.96. The topological polar surface area (TPSA) is 99.3 Å². The van der Waals surface area contributed by atoms with Gasteiger partial charge in [-0.3, -0.25) is 10.1 Å². The fraction of sp³-hybridized carbons (Fsp3) is 0.714. The minimum atomic E-state index is -0.716. The second-order valence-electron chi connectivity index (χ2n) is 5.69. The molecular formula is C14H22N4O4. The summed E-state index contributed by atoms with van der Waals surface area (Å²) in [6, 6.07) is 0. The van der Waals surface area contributed by atoms with Gasteiger partial charge in [0.15, 0.2) is 0 Å². The Bertz CT molecular complexity index is 547. The van der Waals surface area contributed by atoms with Crippen LogP contribution in [0.3, 0.4) is 0 Å². The van der Waals surface area contributed by atoms with Crippen LogP contribution < -0.4 is 5.32 Å². The van der Waals surface area contributed by atoms with Crippen LogP contribution in [0.5, 0.6) is 0 Å². The van der Waals surface area contributed by atoms with Gasteiger partial charge in [0, 0.05) is 0 Å². The first-order chi connectivity index (χ1) is 10.5. The number of carbonyl (C=O) groups excluding carboxylic acids is 1. The maximum Gasteiger partial charge on any atom is 0.342 e. The van der Waals surface area contributed by atoms with Gasteiger partial charge < -0.3 is 14.9 Å². The molecule has 1 saturated carbocycles. The van der Waals surface area contributed by atoms with E-state index in [1.54, 1.807) is 7.05 Å². The summed E-state index contributed by atoms with van der Waals surface area (Å²) in [7, 11) is 2.99. The fourth-order valence-corrected chi connectivity index (χ4v) is 3.00. The highest BCUT2D eigenvalue weighted by molar-refractivity contribution is 5.80. The summed E-state index contributed by atoms with van der Waals surface area (Å²) in [6.45, 7) is 0.291. The molecule has 0 aromatic carbocycles. The first-order valence-corrected chi connectivity index (χ1v) is 7.48. The van der Waals surface area contributed by atoms with Crippen molar-refractivity contribution >= 4 is 11.8 Å². The number of hydrogen-bond donors (Lipinski definition) is 1. The summed E-state index contributed by atoms with van der Waals surface area (Å²) in [5.74, 6) is 0.196. The molecule has 8 heteroatoms. The summed E-state index contributed by atoms with van der Waals surface area (Å²) >= 11 is 0. The molecule has 0 amide bonds. The van der Waals surface area contributed by atoms with Gasteiger partial charge in [0.1, 0.15) is 11.7 Å². The second kappa shape index (κ2) is 6.87. The van der Waals surface area contributed by atoms with Crippen molar-refractivity contribution in [2.75, 3.05) is 7.11 Å². The van der Waals surface area contributed by atoms with E-state index in [0.29, 0.717) is 25.2 Å². The predicted octanol–water partition coefficient (Wildman–Crippen LogP) is 1.68. The van der Waals surface area contributed by atoms with Crippen LogP contribution in [0.2, 0.25) is 0 Å². The lowest BCUT2D eigenvalue weighted by atomic mass is 9.90. The van der Waals surface area contributed by atoms with Crippen molar-refractivity contribution in [3.63, 3.8) is 0 Å². The van der Waals surface area contributed by atoms with Crippen molar-refractivity contribution in [1.29, 1.82) is 0 Å². The van der Waals surface area contributed by atoms with Crippen molar-refractivity contribution in [3.8, 4) is 0 Å². The quantitative estimate of drug-likeness (QED) is 0.384. The molecule has 1 aliphatic rings. The number of nitro groups is 1. The lowest BCUT2D eigenvalue weighted by Gasteiger charge is -2.30. The minimum absolute atomic E-state index is 0.0650. The van der Waals surface area contributed by atoms with Crippen LogP contribution in [-0.2, 0) is 23.1 Å². The average molecular weight is 310 g/mol. The maximum atomic E-state index is 12.2. The molecule has 2 rings (SSSR count). The van der Waals surface area contributed by atoms with Crippen molar-refractivity contribution in [2.24, 2.45) is 7.05 Å². The largest absolute Gasteiger partial charge is 0.468 e. The number of hydrogen-bond acceptors (Lipinski definition) is 6. The highest BCUT2D eigenvalue weighted by atomic mass is 16.6. The summed E-state index contributed by atoms with van der Waals surface area (Å²) in [6.07, 6.45) is 6.79. The average Bonchev–Trinajstić information content (AvgIpc) is 2.73. The Balaban J connectivity index is 2.14. The minimum Gasteiger partial charge on any atom is -0.468 e. The van der Waals surface area contributed by atoms with E-state index in [1.165, 1.54) is 17.9 Å². The Morgan fingerprint density at radius 1 is 1.45 bits per heavy atom. The van der Waals surface area contributed by atoms with Crippen molar-refractivity contribution < 1.29 is 14.5 Å². The number of imidazole rings is 1. The maximum absolute atomic E-state index is 12.2. The van der Waals surface area contributed by atoms with E-state index in [1.807, 2.05) is 0 Å². The van der Waals surface area contributed by atoms with Crippen LogP contribution in [0, 0.1) is 10.1 Å². The molecule has 1 aromatic heterocycles. The molecule has 0 saturated heterocycles. The Morgan fingerprint density at radius 3 is 2.59 bits per heavy atom. The molecule has 0 atom stereocenters. The zero-order chi connectivity index (χ0) is 16.2. The number of aromatic nitrogens is 2. The lowest BCUT2D eigenvalue weighted by molar-refractivity contribution is -0.391. The number of esters is 1. The van der Waals surface area contributed by atoms with Gasteiger partial charge in [0.2, 0.25) is 5.82 Å². The highest BCUT2D eigenvalue weighted by Crippen LogP contribution is 2.29. The van der Waals surface area contributed by atoms with E-state index in [0.717, 1.165) is 25.7 Å². The van der Waals surface area contributed by atoms with Crippen LogP contribution in [-0.4, -0.2) is 33.1 Å². The molecule has 8 nitrogen and oxygen atoms in total. The number of carbonyl (C=O) groups is 1. The normalized spacial score (nSPS) is 17.7. The molecule has 0 bridgehead atoms. The number of methoxy groups -OCH3 is 1. The molecule has 1 N–H and O–H groups in total. The molecule has 0 radical (unpaired) electrons. The van der Waals surface area contributed by atoms with Gasteiger partial charge in [0.05, 0.1) is 20.7 Å². The molecule has 122 valence electrons. The predicted molar refractivity (Wildman–Crippen MR) is 79.2 cm³/mol. The van der Waals surface area contributed by atoms with E-state index in [-0.39, 0.29) is 11.8 Å². The number of nitrogens with zero attached hydrogens (tertiary/aromatic N) is 3. The molecule has 0 aliphatic heterocycles. The molecule has 0 unspecified atom stereocenters. The van der Waals surface area contributed by atoms with Crippen LogP contribution in [0.1, 0.15) is 44.3 Å². The van der Waals surface area contributed by atoms with E-state index in [2.05, 4.69) is 10.3 Å². The van der Waals surface area contributed by atoms with Gasteiger partial charge in [-0.25, -0.2) is 9.55 Å². The summed E-state index contributed by atoms with van der Waals surface area (Å²) < 4.78 is 6.40. The molecule has 1 aliphatic carbocycles. The lowest BCUT2D eigenvalue weighted by Crippen LogP contribution is -2.52. The smallest absolute Gasteiger partial charge is 0.342 e. The van der Waals surface area contributed by atoms with Crippen molar-refractivity contribution in [2.45, 2.75) is 50.6 Å². The molecule has 1 heterocycles. The summed E-state index contributed by atoms with van der Waals surface area (Å²) in [5, 5.41) is 14.1. The molecule has 1 fully saturated rings. The van der Waals surface area contributed by atoms with E-state index in [9.17, 15) is 14.9 Å². The molecule has 1 aromatic rings.